The number of thioether (sulfide) groups is 1. The van der Waals surface area contributed by atoms with Crippen LogP contribution in [0.5, 0.6) is 0 Å². The van der Waals surface area contributed by atoms with Gasteiger partial charge in [-0.15, -0.1) is 5.10 Å². The first-order valence-electron chi connectivity index (χ1n) is 7.23. The molecule has 0 saturated carbocycles. The van der Waals surface area contributed by atoms with Crippen molar-refractivity contribution in [3.63, 3.8) is 0 Å². The van der Waals surface area contributed by atoms with Crippen molar-refractivity contribution < 1.29 is 8.81 Å². The number of nitrogens with one attached hydrogen (secondary N) is 2. The molecule has 0 unspecified atom stereocenters. The Morgan fingerprint density at radius 3 is 2.92 bits per heavy atom. The quantitative estimate of drug-likeness (QED) is 0.511. The SMILES string of the molecule is O=c1[nH]nc(-c2cc3c(c(F)c2Nc2ccc(I)cc2Cl)CSC3)o1. The third-order valence-electron chi connectivity index (χ3n) is 3.82. The molecule has 0 aliphatic carbocycles. The van der Waals surface area contributed by atoms with E-state index in [0.717, 1.165) is 9.13 Å². The normalized spacial score (nSPS) is 13.1. The Balaban J connectivity index is 1.89. The zero-order chi connectivity index (χ0) is 17.6. The van der Waals surface area contributed by atoms with Gasteiger partial charge in [-0.1, -0.05) is 11.6 Å². The fraction of sp³-hybridized carbons (Fsp3) is 0.125. The van der Waals surface area contributed by atoms with Crippen molar-refractivity contribution in [3.05, 3.63) is 60.4 Å². The first kappa shape index (κ1) is 16.9. The summed E-state index contributed by atoms with van der Waals surface area (Å²) in [7, 11) is 0. The van der Waals surface area contributed by atoms with Crippen LogP contribution in [0.3, 0.4) is 0 Å². The predicted molar refractivity (Wildman–Crippen MR) is 105 cm³/mol. The lowest BCUT2D eigenvalue weighted by Gasteiger charge is -2.15. The molecule has 0 saturated heterocycles. The molecule has 0 bridgehead atoms. The van der Waals surface area contributed by atoms with Gasteiger partial charge in [-0.3, -0.25) is 0 Å². The van der Waals surface area contributed by atoms with Crippen molar-refractivity contribution in [2.45, 2.75) is 11.5 Å². The highest BCUT2D eigenvalue weighted by Crippen LogP contribution is 2.41. The Labute approximate surface area is 164 Å². The van der Waals surface area contributed by atoms with Gasteiger partial charge in [-0.25, -0.2) is 14.3 Å². The molecule has 9 heteroatoms. The van der Waals surface area contributed by atoms with Crippen molar-refractivity contribution in [1.29, 1.82) is 0 Å². The number of fused-ring (bicyclic) bond motifs is 1. The highest BCUT2D eigenvalue weighted by Gasteiger charge is 2.25. The maximum absolute atomic E-state index is 15.1. The second kappa shape index (κ2) is 6.65. The minimum atomic E-state index is -0.691. The van der Waals surface area contributed by atoms with Crippen molar-refractivity contribution in [1.82, 2.24) is 10.2 Å². The molecule has 0 spiro atoms. The highest BCUT2D eigenvalue weighted by molar-refractivity contribution is 14.1. The van der Waals surface area contributed by atoms with Gasteiger partial charge in [0.1, 0.15) is 0 Å². The van der Waals surface area contributed by atoms with Gasteiger partial charge in [0.05, 0.1) is 22.0 Å². The summed E-state index contributed by atoms with van der Waals surface area (Å²) in [6, 6.07) is 7.22. The highest BCUT2D eigenvalue weighted by atomic mass is 127. The fourth-order valence-electron chi connectivity index (χ4n) is 2.65. The van der Waals surface area contributed by atoms with E-state index in [0.29, 0.717) is 33.3 Å². The molecule has 3 aromatic rings. The van der Waals surface area contributed by atoms with Crippen LogP contribution in [-0.2, 0) is 11.5 Å². The first-order chi connectivity index (χ1) is 12.0. The summed E-state index contributed by atoms with van der Waals surface area (Å²) in [6.45, 7) is 0. The van der Waals surface area contributed by atoms with Gasteiger partial charge in [-0.2, -0.15) is 11.8 Å². The van der Waals surface area contributed by atoms with Gasteiger partial charge in [0.25, 0.3) is 5.89 Å². The van der Waals surface area contributed by atoms with Crippen molar-refractivity contribution in [2.75, 3.05) is 5.32 Å². The Kier molecular flexibility index (Phi) is 4.50. The van der Waals surface area contributed by atoms with E-state index in [1.807, 2.05) is 6.07 Å². The van der Waals surface area contributed by atoms with Crippen molar-refractivity contribution >= 4 is 57.3 Å². The van der Waals surface area contributed by atoms with Crippen LogP contribution in [0.15, 0.2) is 33.5 Å². The number of hydrogen-bond acceptors (Lipinski definition) is 5. The standard InChI is InChI=1S/C16H10ClFIN3O2S/c17-11-4-8(19)1-2-12(11)20-14-9(15-21-22-16(23)24-15)3-7-5-25-6-10(7)13(14)18/h1-4,20H,5-6H2,(H,22,23). The van der Waals surface area contributed by atoms with Crippen LogP contribution >= 0.6 is 46.0 Å². The predicted octanol–water partition coefficient (Wildman–Crippen LogP) is 4.92. The van der Waals surface area contributed by atoms with Gasteiger partial charge in [0.15, 0.2) is 5.82 Å². The van der Waals surface area contributed by atoms with E-state index < -0.39 is 5.76 Å². The van der Waals surface area contributed by atoms with Crippen LogP contribution in [0, 0.1) is 9.39 Å². The van der Waals surface area contributed by atoms with Gasteiger partial charge >= 0.3 is 5.76 Å². The number of nitrogens with zero attached hydrogens (tertiary/aromatic N) is 1. The van der Waals surface area contributed by atoms with Gasteiger partial charge < -0.3 is 9.73 Å². The second-order valence-electron chi connectivity index (χ2n) is 5.41. The molecular formula is C16H10ClFIN3O2S. The topological polar surface area (TPSA) is 70.9 Å². The molecule has 1 aliphatic heterocycles. The number of H-pyrrole nitrogens is 1. The molecule has 2 heterocycles. The van der Waals surface area contributed by atoms with Gasteiger partial charge in [0.2, 0.25) is 0 Å². The maximum atomic E-state index is 15.1. The summed E-state index contributed by atoms with van der Waals surface area (Å²) < 4.78 is 21.2. The number of anilines is 2. The average Bonchev–Trinajstić information content (AvgIpc) is 3.20. The van der Waals surface area contributed by atoms with E-state index in [9.17, 15) is 4.79 Å². The molecular weight excluding hydrogens is 480 g/mol. The number of rotatable bonds is 3. The lowest BCUT2D eigenvalue weighted by atomic mass is 10.0. The number of hydrogen-bond donors (Lipinski definition) is 2. The van der Waals surface area contributed by atoms with Crippen LogP contribution in [-0.4, -0.2) is 10.2 Å². The minimum Gasteiger partial charge on any atom is -0.388 e. The molecule has 4 rings (SSSR count). The Morgan fingerprint density at radius 2 is 2.20 bits per heavy atom. The lowest BCUT2D eigenvalue weighted by molar-refractivity contribution is 0.526. The largest absolute Gasteiger partial charge is 0.434 e. The van der Waals surface area contributed by atoms with E-state index in [1.165, 1.54) is 0 Å². The average molecular weight is 490 g/mol. The molecule has 0 atom stereocenters. The van der Waals surface area contributed by atoms with E-state index in [2.05, 4.69) is 38.1 Å². The Bertz CT molecular complexity index is 1040. The van der Waals surface area contributed by atoms with E-state index in [1.54, 1.807) is 30.0 Å². The monoisotopic (exact) mass is 489 g/mol. The molecule has 128 valence electrons. The molecule has 5 nitrogen and oxygen atoms in total. The van der Waals surface area contributed by atoms with E-state index in [4.69, 9.17) is 16.0 Å². The molecule has 2 aromatic carbocycles. The third kappa shape index (κ3) is 3.18. The van der Waals surface area contributed by atoms with Crippen molar-refractivity contribution in [2.24, 2.45) is 0 Å². The molecule has 25 heavy (non-hydrogen) atoms. The summed E-state index contributed by atoms with van der Waals surface area (Å²) in [5, 5.41) is 9.56. The van der Waals surface area contributed by atoms with Crippen molar-refractivity contribution in [3.8, 4) is 11.5 Å². The van der Waals surface area contributed by atoms with E-state index >= 15 is 4.39 Å². The van der Waals surface area contributed by atoms with Crippen LogP contribution in [0.2, 0.25) is 5.02 Å². The molecule has 1 aromatic heterocycles. The van der Waals surface area contributed by atoms with Crippen LogP contribution in [0.1, 0.15) is 11.1 Å². The van der Waals surface area contributed by atoms with Crippen LogP contribution in [0.4, 0.5) is 15.8 Å². The number of aromatic amines is 1. The van der Waals surface area contributed by atoms with E-state index in [-0.39, 0.29) is 17.4 Å². The van der Waals surface area contributed by atoms with Gasteiger partial charge in [-0.05, 0) is 52.4 Å². The summed E-state index contributed by atoms with van der Waals surface area (Å²) in [5.74, 6) is 0.272. The summed E-state index contributed by atoms with van der Waals surface area (Å²) >= 11 is 10.0. The minimum absolute atomic E-state index is 0.0349. The number of aromatic nitrogens is 2. The Morgan fingerprint density at radius 1 is 1.36 bits per heavy atom. The summed E-state index contributed by atoms with van der Waals surface area (Å²) in [4.78, 5) is 11.3. The molecule has 0 amide bonds. The molecule has 2 N–H and O–H groups in total. The van der Waals surface area contributed by atoms with Crippen LogP contribution in [0.25, 0.3) is 11.5 Å². The fourth-order valence-corrected chi connectivity index (χ4v) is 4.65. The number of benzene rings is 2. The molecule has 0 radical (unpaired) electrons. The maximum Gasteiger partial charge on any atom is 0.434 e. The smallest absolute Gasteiger partial charge is 0.388 e. The summed E-state index contributed by atoms with van der Waals surface area (Å²) in [6.07, 6.45) is 0. The zero-order valence-electron chi connectivity index (χ0n) is 12.5. The lowest BCUT2D eigenvalue weighted by Crippen LogP contribution is -2.02. The Hall–Kier alpha value is -1.52. The van der Waals surface area contributed by atoms with Gasteiger partial charge in [0, 0.05) is 20.6 Å². The second-order valence-corrected chi connectivity index (χ2v) is 8.05. The summed E-state index contributed by atoms with van der Waals surface area (Å²) in [5.41, 5.74) is 2.66. The first-order valence-corrected chi connectivity index (χ1v) is 9.84. The third-order valence-corrected chi connectivity index (χ3v) is 5.81. The molecule has 0 fully saturated rings. The number of halogens is 3. The molecule has 1 aliphatic rings. The zero-order valence-corrected chi connectivity index (χ0v) is 16.3. The van der Waals surface area contributed by atoms with Crippen LogP contribution < -0.4 is 11.1 Å².